The zero-order valence-electron chi connectivity index (χ0n) is 6.77. The average molecular weight is 289 g/mol. The van der Waals surface area contributed by atoms with Gasteiger partial charge in [-0.15, -0.1) is 0 Å². The van der Waals surface area contributed by atoms with E-state index in [4.69, 9.17) is 0 Å². The van der Waals surface area contributed by atoms with Gasteiger partial charge in [-0.25, -0.2) is 9.61 Å². The molecular formula is C8H8IN3O. The molecule has 0 unspecified atom stereocenters. The summed E-state index contributed by atoms with van der Waals surface area (Å²) in [5.74, 6) is 0. The quantitative estimate of drug-likeness (QED) is 0.573. The third-order valence-corrected chi connectivity index (χ3v) is 1.56. The normalized spacial score (nSPS) is 9.23. The number of nitrogens with zero attached hydrogens (tertiary/aromatic N) is 2. The summed E-state index contributed by atoms with van der Waals surface area (Å²) >= 11 is 0. The molecule has 0 atom stereocenters. The van der Waals surface area contributed by atoms with Crippen molar-refractivity contribution in [3.05, 3.63) is 42.0 Å². The first kappa shape index (κ1) is 10.1. The molecule has 2 aromatic heterocycles. The summed E-state index contributed by atoms with van der Waals surface area (Å²) in [6, 6.07) is 3.97. The summed E-state index contributed by atoms with van der Waals surface area (Å²) in [5.41, 5.74) is 2.00. The van der Waals surface area contributed by atoms with Crippen molar-refractivity contribution in [1.82, 2.24) is 10.3 Å². The molecule has 0 amide bonds. The van der Waals surface area contributed by atoms with Crippen molar-refractivity contribution in [2.24, 2.45) is 0 Å². The summed E-state index contributed by atoms with van der Waals surface area (Å²) in [7, 11) is 0. The van der Waals surface area contributed by atoms with Gasteiger partial charge < -0.3 is 24.0 Å². The fourth-order valence-electron chi connectivity index (χ4n) is 1.01. The topological polar surface area (TPSA) is 53.1 Å². The second-order valence-electron chi connectivity index (χ2n) is 2.49. The van der Waals surface area contributed by atoms with Crippen LogP contribution >= 0.6 is 0 Å². The lowest BCUT2D eigenvalue weighted by Crippen LogP contribution is -3.00. The molecule has 0 radical (unpaired) electrons. The minimum atomic E-state index is 0. The number of aromatic amines is 1. The monoisotopic (exact) mass is 289 g/mol. The molecule has 2 heterocycles. The molecule has 0 saturated carbocycles. The maximum Gasteiger partial charge on any atom is 0.170 e. The molecular weight excluding hydrogens is 281 g/mol. The molecule has 0 aliphatic rings. The van der Waals surface area contributed by atoms with E-state index in [0.29, 0.717) is 0 Å². The van der Waals surface area contributed by atoms with Crippen LogP contribution in [0.2, 0.25) is 0 Å². The van der Waals surface area contributed by atoms with Crippen LogP contribution in [0.4, 0.5) is 0 Å². The number of halogens is 1. The Kier molecular flexibility index (Phi) is 3.81. The van der Waals surface area contributed by atoms with Gasteiger partial charge >= 0.3 is 0 Å². The van der Waals surface area contributed by atoms with Crippen molar-refractivity contribution in [2.45, 2.75) is 6.42 Å². The Hall–Kier alpha value is -0.980. The summed E-state index contributed by atoms with van der Waals surface area (Å²) in [6.45, 7) is 0. The molecule has 0 aromatic carbocycles. The molecule has 4 nitrogen and oxygen atoms in total. The average Bonchev–Trinajstić information content (AvgIpc) is 2.59. The second-order valence-corrected chi connectivity index (χ2v) is 2.49. The van der Waals surface area contributed by atoms with Crippen LogP contribution in [0.1, 0.15) is 11.3 Å². The van der Waals surface area contributed by atoms with Gasteiger partial charge in [0.05, 0.1) is 6.20 Å². The number of pyridine rings is 1. The maximum absolute atomic E-state index is 4.48. The van der Waals surface area contributed by atoms with E-state index in [2.05, 4.69) is 19.9 Å². The highest BCUT2D eigenvalue weighted by atomic mass is 127. The van der Waals surface area contributed by atoms with Crippen LogP contribution in [-0.4, -0.2) is 10.3 Å². The molecule has 0 aliphatic heterocycles. The predicted octanol–water partition coefficient (Wildman–Crippen LogP) is -2.52. The van der Waals surface area contributed by atoms with Crippen molar-refractivity contribution >= 4 is 0 Å². The Bertz CT molecular complexity index is 336. The first-order valence-electron chi connectivity index (χ1n) is 3.66. The molecule has 0 bridgehead atoms. The highest BCUT2D eigenvalue weighted by Crippen LogP contribution is 2.01. The van der Waals surface area contributed by atoms with Gasteiger partial charge in [0.1, 0.15) is 5.69 Å². The molecule has 0 spiro atoms. The third-order valence-electron chi connectivity index (χ3n) is 1.56. The molecule has 0 saturated heterocycles. The van der Waals surface area contributed by atoms with Crippen LogP contribution in [0.25, 0.3) is 0 Å². The Morgan fingerprint density at radius 1 is 1.46 bits per heavy atom. The lowest BCUT2D eigenvalue weighted by Gasteiger charge is -1.89. The van der Waals surface area contributed by atoms with E-state index in [1.54, 1.807) is 6.20 Å². The number of nitrogens with one attached hydrogen (secondary N) is 1. The molecule has 2 aromatic rings. The van der Waals surface area contributed by atoms with Crippen molar-refractivity contribution in [3.63, 3.8) is 0 Å². The molecule has 2 rings (SSSR count). The molecule has 5 heteroatoms. The second kappa shape index (κ2) is 4.90. The van der Waals surface area contributed by atoms with Gasteiger partial charge in [0, 0.05) is 18.1 Å². The Balaban J connectivity index is 0.000000845. The van der Waals surface area contributed by atoms with E-state index in [0.717, 1.165) is 17.7 Å². The van der Waals surface area contributed by atoms with Gasteiger partial charge in [-0.1, -0.05) is 10.3 Å². The van der Waals surface area contributed by atoms with Gasteiger partial charge in [0.2, 0.25) is 0 Å². The number of aromatic nitrogens is 3. The summed E-state index contributed by atoms with van der Waals surface area (Å²) in [5, 5.41) is 7.23. The van der Waals surface area contributed by atoms with Crippen LogP contribution in [-0.2, 0) is 6.42 Å². The number of H-pyrrole nitrogens is 1. The molecule has 13 heavy (non-hydrogen) atoms. The summed E-state index contributed by atoms with van der Waals surface area (Å²) < 4.78 is 4.48. The third kappa shape index (κ3) is 2.76. The minimum absolute atomic E-state index is 0. The van der Waals surface area contributed by atoms with Gasteiger partial charge in [-0.3, -0.25) is 0 Å². The Morgan fingerprint density at radius 3 is 3.00 bits per heavy atom. The zero-order chi connectivity index (χ0) is 8.23. The zero-order valence-corrected chi connectivity index (χ0v) is 8.93. The SMILES string of the molecule is [I-].c1c[nH+]cc(Cc2cnon2)c1. The predicted molar refractivity (Wildman–Crippen MR) is 40.1 cm³/mol. The lowest BCUT2D eigenvalue weighted by atomic mass is 10.2. The van der Waals surface area contributed by atoms with Crippen molar-refractivity contribution in [3.8, 4) is 0 Å². The largest absolute Gasteiger partial charge is 1.00 e. The van der Waals surface area contributed by atoms with Crippen LogP contribution in [0.5, 0.6) is 0 Å². The van der Waals surface area contributed by atoms with Gasteiger partial charge in [-0.2, -0.15) is 0 Å². The maximum atomic E-state index is 4.48. The fraction of sp³-hybridized carbons (Fsp3) is 0.125. The van der Waals surface area contributed by atoms with Crippen LogP contribution in [0.3, 0.4) is 0 Å². The summed E-state index contributed by atoms with van der Waals surface area (Å²) in [4.78, 5) is 2.99. The Labute approximate surface area is 92.4 Å². The van der Waals surface area contributed by atoms with Crippen LogP contribution in [0.15, 0.2) is 35.4 Å². The highest BCUT2D eigenvalue weighted by Gasteiger charge is 2.00. The van der Waals surface area contributed by atoms with Crippen LogP contribution < -0.4 is 29.0 Å². The van der Waals surface area contributed by atoms with E-state index in [9.17, 15) is 0 Å². The number of rotatable bonds is 2. The molecule has 0 aliphatic carbocycles. The van der Waals surface area contributed by atoms with E-state index in [-0.39, 0.29) is 24.0 Å². The minimum Gasteiger partial charge on any atom is -1.00 e. The number of hydrogen-bond donors (Lipinski definition) is 0. The van der Waals surface area contributed by atoms with Crippen molar-refractivity contribution in [1.29, 1.82) is 0 Å². The molecule has 1 N–H and O–H groups in total. The molecule has 68 valence electrons. The van der Waals surface area contributed by atoms with Gasteiger partial charge in [0.15, 0.2) is 12.4 Å². The first-order valence-corrected chi connectivity index (χ1v) is 3.66. The number of hydrogen-bond acceptors (Lipinski definition) is 3. The smallest absolute Gasteiger partial charge is 0.170 e. The first-order chi connectivity index (χ1) is 5.95. The van der Waals surface area contributed by atoms with Gasteiger partial charge in [0.25, 0.3) is 0 Å². The summed E-state index contributed by atoms with van der Waals surface area (Å²) in [6.07, 6.45) is 6.16. The van der Waals surface area contributed by atoms with Crippen molar-refractivity contribution < 1.29 is 33.6 Å². The van der Waals surface area contributed by atoms with E-state index in [1.807, 2.05) is 24.5 Å². The Morgan fingerprint density at radius 2 is 2.38 bits per heavy atom. The highest BCUT2D eigenvalue weighted by molar-refractivity contribution is 5.12. The fourth-order valence-corrected chi connectivity index (χ4v) is 1.01. The van der Waals surface area contributed by atoms with E-state index in [1.165, 1.54) is 0 Å². The van der Waals surface area contributed by atoms with E-state index < -0.39 is 0 Å². The van der Waals surface area contributed by atoms with Crippen LogP contribution in [0, 0.1) is 0 Å². The van der Waals surface area contributed by atoms with Crippen molar-refractivity contribution in [2.75, 3.05) is 0 Å². The lowest BCUT2D eigenvalue weighted by molar-refractivity contribution is -0.378. The van der Waals surface area contributed by atoms with E-state index >= 15 is 0 Å². The standard InChI is InChI=1S/C8H7N3O.HI/c1-2-7(5-9-3-1)4-8-6-10-12-11-8;/h1-3,5-6H,4H2;1H. The van der Waals surface area contributed by atoms with Gasteiger partial charge in [-0.05, 0) is 6.07 Å². The molecule has 0 fully saturated rings.